The fourth-order valence-corrected chi connectivity index (χ4v) is 9.22. The standard InChI is InChI=1S/C26H34O8.C6H14O6S2.Na/c1-14-10-16-17-7-9-26(33,20(29)13-34-22(32)5-4-21(30)31)25(17,3)12-19(28)23(16)24(2)8-6-15(27)11-18(14)24;1-13(7,8)11-5-3-4-6-12-14(2,9)10;/h6,8,11,14,16-17,19,23,28,33H,4-5,7,9-10,12-13H2,1-3H3,(H,30,31);3-6H2,1-2H3;/q;;+1/p-1/t14-,16-,17-,19-,23+,24-,25-,26-;;/m0../s1. The van der Waals surface area contributed by atoms with Gasteiger partial charge in [-0.25, -0.2) is 0 Å². The van der Waals surface area contributed by atoms with Crippen molar-refractivity contribution in [2.45, 2.75) is 83.8 Å². The summed E-state index contributed by atoms with van der Waals surface area (Å²) in [6, 6.07) is 0. The fraction of sp³-hybridized carbons (Fsp3) is 0.750. The van der Waals surface area contributed by atoms with Gasteiger partial charge in [0.25, 0.3) is 20.2 Å². The first-order valence-electron chi connectivity index (χ1n) is 16.0. The van der Waals surface area contributed by atoms with E-state index in [1.165, 1.54) is 0 Å². The Bertz CT molecular complexity index is 1500. The van der Waals surface area contributed by atoms with Gasteiger partial charge in [0.2, 0.25) is 5.78 Å². The van der Waals surface area contributed by atoms with Crippen LogP contribution in [-0.4, -0.2) is 94.6 Å². The van der Waals surface area contributed by atoms with Gasteiger partial charge in [0, 0.05) is 22.7 Å². The molecule has 0 aromatic rings. The van der Waals surface area contributed by atoms with Crippen LogP contribution < -0.4 is 34.7 Å². The molecule has 0 aliphatic heterocycles. The summed E-state index contributed by atoms with van der Waals surface area (Å²) in [7, 11) is -6.80. The van der Waals surface area contributed by atoms with Crippen molar-refractivity contribution in [2.24, 2.45) is 34.5 Å². The number of hydrogen-bond acceptors (Lipinski definition) is 14. The van der Waals surface area contributed by atoms with E-state index in [0.717, 1.165) is 24.5 Å². The van der Waals surface area contributed by atoms with E-state index in [1.807, 2.05) is 13.0 Å². The van der Waals surface area contributed by atoms with Crippen LogP contribution in [0.25, 0.3) is 0 Å². The van der Waals surface area contributed by atoms with Gasteiger partial charge in [0.05, 0.1) is 38.3 Å². The van der Waals surface area contributed by atoms with E-state index < -0.39 is 79.9 Å². The van der Waals surface area contributed by atoms with Gasteiger partial charge in [-0.1, -0.05) is 32.4 Å². The van der Waals surface area contributed by atoms with Gasteiger partial charge in [-0.15, -0.1) is 0 Å². The second kappa shape index (κ2) is 16.9. The molecule has 3 fully saturated rings. The summed E-state index contributed by atoms with van der Waals surface area (Å²) in [6.07, 6.45) is 8.08. The predicted molar refractivity (Wildman–Crippen MR) is 169 cm³/mol. The predicted octanol–water partition coefficient (Wildman–Crippen LogP) is -2.39. The minimum atomic E-state index is -3.40. The van der Waals surface area contributed by atoms with Gasteiger partial charge in [0.15, 0.2) is 12.4 Å². The van der Waals surface area contributed by atoms with Crippen LogP contribution in [0.2, 0.25) is 0 Å². The van der Waals surface area contributed by atoms with Crippen molar-refractivity contribution >= 4 is 43.7 Å². The van der Waals surface area contributed by atoms with Crippen LogP contribution in [0.15, 0.2) is 23.8 Å². The third-order valence-electron chi connectivity index (χ3n) is 10.5. The maximum atomic E-state index is 13.1. The molecular weight excluding hydrogens is 695 g/mol. The minimum absolute atomic E-state index is 0. The number of ether oxygens (including phenoxy) is 1. The van der Waals surface area contributed by atoms with Gasteiger partial charge in [-0.05, 0) is 74.9 Å². The number of carboxylic acids is 1. The summed E-state index contributed by atoms with van der Waals surface area (Å²) in [5.74, 6) is -2.85. The van der Waals surface area contributed by atoms with Crippen molar-refractivity contribution in [3.8, 4) is 0 Å². The number of aliphatic hydroxyl groups excluding tert-OH is 1. The number of aliphatic hydroxyl groups is 2. The molecule has 0 amide bonds. The molecule has 0 unspecified atom stereocenters. The zero-order chi connectivity index (χ0) is 36.3. The summed E-state index contributed by atoms with van der Waals surface area (Å²) in [4.78, 5) is 47.5. The van der Waals surface area contributed by atoms with E-state index in [0.29, 0.717) is 19.3 Å². The second-order valence-corrected chi connectivity index (χ2v) is 17.1. The molecule has 14 nitrogen and oxygen atoms in total. The zero-order valence-corrected chi connectivity index (χ0v) is 32.6. The van der Waals surface area contributed by atoms with Crippen LogP contribution in [0.3, 0.4) is 0 Å². The SMILES string of the molecule is CS(=O)(=O)OCCCCOS(C)(=O)=O.C[C@H]1C[C@@H]2[C@H]([C@@H](O)C[C@@]3(C)[C@H]2CC[C@]3(O)C(=O)COC(=O)CCC(=O)[O-])[C@@]2(C)C=CC(=O)C=C12.[Na+]. The number of rotatable bonds is 13. The van der Waals surface area contributed by atoms with Gasteiger partial charge in [0.1, 0.15) is 5.60 Å². The number of carbonyl (C=O) groups excluding carboxylic acids is 4. The number of ketones is 2. The molecule has 4 aliphatic carbocycles. The topological polar surface area (TPSA) is 228 Å². The van der Waals surface area contributed by atoms with Crippen molar-refractivity contribution in [1.29, 1.82) is 0 Å². The third kappa shape index (κ3) is 10.5. The van der Waals surface area contributed by atoms with E-state index in [9.17, 15) is 51.3 Å². The molecular formula is C32H47NaO14S2. The van der Waals surface area contributed by atoms with Crippen LogP contribution in [0.5, 0.6) is 0 Å². The van der Waals surface area contributed by atoms with Crippen molar-refractivity contribution in [3.05, 3.63) is 23.8 Å². The van der Waals surface area contributed by atoms with E-state index in [-0.39, 0.29) is 85.1 Å². The summed E-state index contributed by atoms with van der Waals surface area (Å²) >= 11 is 0. The first kappa shape index (κ1) is 43.7. The number of Topliss-reactive ketones (excluding diaryl/α,β-unsaturated/α-hetero) is 1. The van der Waals surface area contributed by atoms with Crippen molar-refractivity contribution in [3.63, 3.8) is 0 Å². The van der Waals surface area contributed by atoms with Crippen LogP contribution in [0.4, 0.5) is 0 Å². The fourth-order valence-electron chi connectivity index (χ4n) is 8.38. The molecule has 0 radical (unpaired) electrons. The molecule has 0 aromatic carbocycles. The molecule has 3 saturated carbocycles. The average molecular weight is 743 g/mol. The Kier molecular flexibility index (Phi) is 15.0. The number of esters is 1. The number of carbonyl (C=O) groups is 4. The average Bonchev–Trinajstić information content (AvgIpc) is 3.23. The monoisotopic (exact) mass is 742 g/mol. The molecule has 17 heteroatoms. The third-order valence-corrected chi connectivity index (χ3v) is 11.7. The van der Waals surface area contributed by atoms with E-state index in [1.54, 1.807) is 12.2 Å². The van der Waals surface area contributed by atoms with Crippen LogP contribution in [-0.2, 0) is 52.5 Å². The second-order valence-electron chi connectivity index (χ2n) is 13.9. The van der Waals surface area contributed by atoms with Gasteiger partial charge < -0.3 is 24.9 Å². The summed E-state index contributed by atoms with van der Waals surface area (Å²) in [5.41, 5.74) is -2.07. The van der Waals surface area contributed by atoms with Crippen LogP contribution >= 0.6 is 0 Å². The Morgan fingerprint density at radius 2 is 1.59 bits per heavy atom. The molecule has 0 aromatic heterocycles. The van der Waals surface area contributed by atoms with Gasteiger partial charge in [-0.2, -0.15) is 16.8 Å². The van der Waals surface area contributed by atoms with Crippen molar-refractivity contribution in [1.82, 2.24) is 0 Å². The molecule has 49 heavy (non-hydrogen) atoms. The molecule has 4 aliphatic rings. The van der Waals surface area contributed by atoms with Gasteiger partial charge >= 0.3 is 35.5 Å². The Hall–Kier alpha value is -1.50. The van der Waals surface area contributed by atoms with Crippen LogP contribution in [0, 0.1) is 34.5 Å². The number of unbranched alkanes of at least 4 members (excludes halogenated alkanes) is 1. The Morgan fingerprint density at radius 3 is 2.12 bits per heavy atom. The largest absolute Gasteiger partial charge is 1.00 e. The van der Waals surface area contributed by atoms with E-state index in [4.69, 9.17) is 4.74 Å². The first-order valence-corrected chi connectivity index (χ1v) is 19.6. The smallest absolute Gasteiger partial charge is 0.550 e. The molecule has 0 heterocycles. The number of carboxylic acid groups (broad SMARTS) is 1. The molecule has 272 valence electrons. The normalized spacial score (nSPS) is 33.4. The van der Waals surface area contributed by atoms with Crippen molar-refractivity contribution < 1.29 is 94.0 Å². The summed E-state index contributed by atoms with van der Waals surface area (Å²) in [6.45, 7) is 5.46. The minimum Gasteiger partial charge on any atom is -0.550 e. The number of hydrogen-bond donors (Lipinski definition) is 2. The molecule has 4 rings (SSSR count). The molecule has 8 atom stereocenters. The van der Waals surface area contributed by atoms with E-state index >= 15 is 0 Å². The van der Waals surface area contributed by atoms with E-state index in [2.05, 4.69) is 22.2 Å². The first-order chi connectivity index (χ1) is 22.0. The summed E-state index contributed by atoms with van der Waals surface area (Å²) < 4.78 is 55.7. The zero-order valence-electron chi connectivity index (χ0n) is 29.0. The number of aliphatic carboxylic acids is 1. The maximum absolute atomic E-state index is 13.1. The van der Waals surface area contributed by atoms with Crippen molar-refractivity contribution in [2.75, 3.05) is 32.3 Å². The Labute approximate surface area is 310 Å². The molecule has 0 saturated heterocycles. The summed E-state index contributed by atoms with van der Waals surface area (Å²) in [5, 5.41) is 33.6. The van der Waals surface area contributed by atoms with Gasteiger partial charge in [-0.3, -0.25) is 22.7 Å². The number of fused-ring (bicyclic) bond motifs is 5. The number of allylic oxidation sites excluding steroid dienone is 4. The quantitative estimate of drug-likeness (QED) is 0.0869. The van der Waals surface area contributed by atoms with Crippen LogP contribution in [0.1, 0.15) is 72.1 Å². The molecule has 0 spiro atoms. The maximum Gasteiger partial charge on any atom is 1.00 e. The molecule has 0 bridgehead atoms. The Balaban J connectivity index is 0.000000473. The Morgan fingerprint density at radius 1 is 1.02 bits per heavy atom. The molecule has 2 N–H and O–H groups in total.